The highest BCUT2D eigenvalue weighted by Crippen LogP contribution is 2.36. The minimum Gasteiger partial charge on any atom is -0.394 e. The molecule has 0 aliphatic heterocycles. The molecule has 28 heavy (non-hydrogen) atoms. The lowest BCUT2D eigenvalue weighted by Crippen LogP contribution is -2.34. The SMILES string of the molecule is C[C@H](CO)n1ccc2c(C(=O)NCC3CCC(F)(F)CC3)c(Cl)ccc2c1=O. The van der Waals surface area contributed by atoms with Crippen LogP contribution in [-0.2, 0) is 0 Å². The molecule has 2 aromatic rings. The maximum absolute atomic E-state index is 13.3. The first-order chi connectivity index (χ1) is 13.2. The van der Waals surface area contributed by atoms with E-state index in [0.29, 0.717) is 30.2 Å². The fourth-order valence-electron chi connectivity index (χ4n) is 3.61. The Balaban J connectivity index is 1.84. The number of hydrogen-bond acceptors (Lipinski definition) is 3. The van der Waals surface area contributed by atoms with E-state index in [-0.39, 0.29) is 41.5 Å². The third-order valence-corrected chi connectivity index (χ3v) is 5.73. The second kappa shape index (κ2) is 8.17. The lowest BCUT2D eigenvalue weighted by Gasteiger charge is -2.28. The molecule has 1 saturated carbocycles. The van der Waals surface area contributed by atoms with Gasteiger partial charge in [-0.3, -0.25) is 9.59 Å². The lowest BCUT2D eigenvalue weighted by atomic mass is 9.87. The fourth-order valence-corrected chi connectivity index (χ4v) is 3.86. The van der Waals surface area contributed by atoms with Crippen LogP contribution in [0.4, 0.5) is 8.78 Å². The molecule has 0 saturated heterocycles. The summed E-state index contributed by atoms with van der Waals surface area (Å²) in [7, 11) is 0. The summed E-state index contributed by atoms with van der Waals surface area (Å²) < 4.78 is 27.9. The molecular formula is C20H23ClF2N2O3. The van der Waals surface area contributed by atoms with Crippen molar-refractivity contribution in [3.63, 3.8) is 0 Å². The summed E-state index contributed by atoms with van der Waals surface area (Å²) in [5.74, 6) is -3.04. The topological polar surface area (TPSA) is 71.3 Å². The first-order valence-corrected chi connectivity index (χ1v) is 9.71. The Morgan fingerprint density at radius 1 is 1.32 bits per heavy atom. The number of fused-ring (bicyclic) bond motifs is 1. The Kier molecular flexibility index (Phi) is 6.05. The summed E-state index contributed by atoms with van der Waals surface area (Å²) in [6.45, 7) is 1.82. The van der Waals surface area contributed by atoms with Crippen LogP contribution in [0.15, 0.2) is 29.2 Å². The Morgan fingerprint density at radius 3 is 2.64 bits per heavy atom. The molecule has 1 aliphatic rings. The van der Waals surface area contributed by atoms with Crippen molar-refractivity contribution in [2.45, 2.75) is 44.6 Å². The number of halogens is 3. The quantitative estimate of drug-likeness (QED) is 0.785. The summed E-state index contributed by atoms with van der Waals surface area (Å²) in [5, 5.41) is 13.1. The van der Waals surface area contributed by atoms with E-state index in [1.54, 1.807) is 19.1 Å². The maximum Gasteiger partial charge on any atom is 0.258 e. The van der Waals surface area contributed by atoms with Crippen molar-refractivity contribution in [2.75, 3.05) is 13.2 Å². The zero-order valence-corrected chi connectivity index (χ0v) is 16.3. The molecule has 1 aromatic heterocycles. The molecule has 0 bridgehead atoms. The van der Waals surface area contributed by atoms with E-state index >= 15 is 0 Å². The van der Waals surface area contributed by atoms with Gasteiger partial charge in [0.2, 0.25) is 5.92 Å². The molecule has 152 valence electrons. The number of pyridine rings is 1. The predicted octanol–water partition coefficient (Wildman–Crippen LogP) is 3.76. The van der Waals surface area contributed by atoms with Gasteiger partial charge in [-0.2, -0.15) is 0 Å². The summed E-state index contributed by atoms with van der Waals surface area (Å²) in [6, 6.07) is 4.29. The molecule has 1 amide bonds. The van der Waals surface area contributed by atoms with Crippen molar-refractivity contribution in [3.05, 3.63) is 45.3 Å². The van der Waals surface area contributed by atoms with Gasteiger partial charge in [0.25, 0.3) is 11.5 Å². The molecule has 1 heterocycles. The van der Waals surface area contributed by atoms with Crippen LogP contribution in [0.25, 0.3) is 10.8 Å². The first-order valence-electron chi connectivity index (χ1n) is 9.34. The number of rotatable bonds is 5. The molecule has 0 spiro atoms. The van der Waals surface area contributed by atoms with Crippen molar-refractivity contribution in [1.29, 1.82) is 0 Å². The van der Waals surface area contributed by atoms with Gasteiger partial charge in [-0.05, 0) is 43.9 Å². The largest absolute Gasteiger partial charge is 0.394 e. The van der Waals surface area contributed by atoms with Gasteiger partial charge in [0.05, 0.1) is 23.2 Å². The summed E-state index contributed by atoms with van der Waals surface area (Å²) in [4.78, 5) is 25.4. The van der Waals surface area contributed by atoms with Crippen molar-refractivity contribution in [3.8, 4) is 0 Å². The molecule has 3 rings (SSSR count). The summed E-state index contributed by atoms with van der Waals surface area (Å²) >= 11 is 6.23. The number of hydrogen-bond donors (Lipinski definition) is 2. The number of nitrogens with zero attached hydrogens (tertiary/aromatic N) is 1. The Labute approximate surface area is 166 Å². The van der Waals surface area contributed by atoms with E-state index in [1.807, 2.05) is 0 Å². The molecule has 0 radical (unpaired) electrons. The summed E-state index contributed by atoms with van der Waals surface area (Å²) in [6.07, 6.45) is 1.93. The van der Waals surface area contributed by atoms with Crippen LogP contribution < -0.4 is 10.9 Å². The molecule has 0 unspecified atom stereocenters. The van der Waals surface area contributed by atoms with Gasteiger partial charge in [0, 0.05) is 36.4 Å². The highest BCUT2D eigenvalue weighted by Gasteiger charge is 2.34. The van der Waals surface area contributed by atoms with E-state index < -0.39 is 17.9 Å². The maximum atomic E-state index is 13.3. The van der Waals surface area contributed by atoms with Gasteiger partial charge in [-0.1, -0.05) is 11.6 Å². The van der Waals surface area contributed by atoms with Crippen molar-refractivity contribution < 1.29 is 18.7 Å². The number of carbonyl (C=O) groups is 1. The molecule has 2 N–H and O–H groups in total. The van der Waals surface area contributed by atoms with Crippen LogP contribution in [-0.4, -0.2) is 34.7 Å². The first kappa shape index (κ1) is 20.7. The van der Waals surface area contributed by atoms with Gasteiger partial charge < -0.3 is 15.0 Å². The number of alkyl halides is 2. The number of aliphatic hydroxyl groups is 1. The molecule has 1 atom stereocenters. The molecule has 5 nitrogen and oxygen atoms in total. The second-order valence-electron chi connectivity index (χ2n) is 7.45. The van der Waals surface area contributed by atoms with Gasteiger partial charge in [0.15, 0.2) is 0 Å². The van der Waals surface area contributed by atoms with E-state index in [4.69, 9.17) is 11.6 Å². The van der Waals surface area contributed by atoms with Gasteiger partial charge >= 0.3 is 0 Å². The van der Waals surface area contributed by atoms with E-state index in [1.165, 1.54) is 16.8 Å². The van der Waals surface area contributed by atoms with Crippen LogP contribution in [0, 0.1) is 5.92 Å². The highest BCUT2D eigenvalue weighted by molar-refractivity contribution is 6.35. The molecule has 1 aliphatic carbocycles. The summed E-state index contributed by atoms with van der Waals surface area (Å²) in [5.41, 5.74) is -0.125. The Morgan fingerprint density at radius 2 is 2.00 bits per heavy atom. The zero-order chi connectivity index (χ0) is 20.5. The zero-order valence-electron chi connectivity index (χ0n) is 15.6. The highest BCUT2D eigenvalue weighted by atomic mass is 35.5. The van der Waals surface area contributed by atoms with Crippen LogP contribution in [0.3, 0.4) is 0 Å². The van der Waals surface area contributed by atoms with Crippen molar-refractivity contribution >= 4 is 28.3 Å². The second-order valence-corrected chi connectivity index (χ2v) is 7.86. The third-order valence-electron chi connectivity index (χ3n) is 5.42. The van der Waals surface area contributed by atoms with Crippen LogP contribution >= 0.6 is 11.6 Å². The van der Waals surface area contributed by atoms with Gasteiger partial charge in [0.1, 0.15) is 0 Å². The Hall–Kier alpha value is -1.99. The van der Waals surface area contributed by atoms with Crippen molar-refractivity contribution in [1.82, 2.24) is 9.88 Å². The number of amides is 1. The van der Waals surface area contributed by atoms with Gasteiger partial charge in [-0.15, -0.1) is 0 Å². The Bertz CT molecular complexity index is 935. The van der Waals surface area contributed by atoms with E-state index in [0.717, 1.165) is 0 Å². The molecular weight excluding hydrogens is 390 g/mol. The van der Waals surface area contributed by atoms with E-state index in [2.05, 4.69) is 5.32 Å². The number of nitrogens with one attached hydrogen (secondary N) is 1. The standard InChI is InChI=1S/C20H23ClF2N2O3/c1-12(11-26)25-9-6-14-15(19(25)28)2-3-16(21)17(14)18(27)24-10-13-4-7-20(22,23)8-5-13/h2-3,6,9,12-13,26H,4-5,7-8,10-11H2,1H3,(H,24,27)/t12-/m1/s1. The van der Waals surface area contributed by atoms with Crippen LogP contribution in [0.1, 0.15) is 49.0 Å². The van der Waals surface area contributed by atoms with Gasteiger partial charge in [-0.25, -0.2) is 8.78 Å². The van der Waals surface area contributed by atoms with E-state index in [9.17, 15) is 23.5 Å². The third kappa shape index (κ3) is 4.20. The fraction of sp³-hybridized carbons (Fsp3) is 0.500. The monoisotopic (exact) mass is 412 g/mol. The normalized spacial score (nSPS) is 18.2. The number of aromatic nitrogens is 1. The average Bonchev–Trinajstić information content (AvgIpc) is 2.66. The average molecular weight is 413 g/mol. The molecule has 1 aromatic carbocycles. The predicted molar refractivity (Wildman–Crippen MR) is 104 cm³/mol. The lowest BCUT2D eigenvalue weighted by molar-refractivity contribution is -0.0452. The minimum absolute atomic E-state index is 0.0000386. The number of benzene rings is 1. The minimum atomic E-state index is -2.61. The number of carbonyl (C=O) groups excluding carboxylic acids is 1. The molecule has 8 heteroatoms. The number of aliphatic hydroxyl groups excluding tert-OH is 1. The van der Waals surface area contributed by atoms with Crippen LogP contribution in [0.2, 0.25) is 5.02 Å². The van der Waals surface area contributed by atoms with Crippen LogP contribution in [0.5, 0.6) is 0 Å². The smallest absolute Gasteiger partial charge is 0.258 e. The molecule has 1 fully saturated rings. The van der Waals surface area contributed by atoms with Crippen molar-refractivity contribution in [2.24, 2.45) is 5.92 Å².